The molecule has 2 aromatic heterocycles. The van der Waals surface area contributed by atoms with E-state index < -0.39 is 28.4 Å². The number of nitro benzene ring substituents is 1. The van der Waals surface area contributed by atoms with Crippen LogP contribution in [0.2, 0.25) is 0 Å². The highest BCUT2D eigenvalue weighted by Crippen LogP contribution is 2.36. The lowest BCUT2D eigenvalue weighted by atomic mass is 9.98. The Labute approximate surface area is 203 Å². The number of nitrogens with zero attached hydrogens (tertiary/aromatic N) is 4. The van der Waals surface area contributed by atoms with Crippen molar-refractivity contribution < 1.29 is 18.1 Å². The number of alkyl halides is 3. The Balaban J connectivity index is 1.82. The van der Waals surface area contributed by atoms with Gasteiger partial charge in [-0.05, 0) is 67.3 Å². The molecule has 2 aromatic carbocycles. The lowest BCUT2D eigenvalue weighted by Crippen LogP contribution is -2.14. The Kier molecular flexibility index (Phi) is 6.25. The van der Waals surface area contributed by atoms with E-state index in [0.717, 1.165) is 23.3 Å². The number of hydrogen-bond donors (Lipinski definition) is 1. The highest BCUT2D eigenvalue weighted by Gasteiger charge is 2.33. The quantitative estimate of drug-likeness (QED) is 0.280. The van der Waals surface area contributed by atoms with Gasteiger partial charge in [-0.1, -0.05) is 0 Å². The van der Waals surface area contributed by atoms with Crippen molar-refractivity contribution in [3.05, 3.63) is 91.6 Å². The number of benzene rings is 2. The molecule has 186 valence electrons. The van der Waals surface area contributed by atoms with Crippen molar-refractivity contribution in [3.8, 4) is 11.1 Å². The van der Waals surface area contributed by atoms with E-state index in [4.69, 9.17) is 0 Å². The first-order chi connectivity index (χ1) is 16.8. The van der Waals surface area contributed by atoms with Crippen LogP contribution in [0, 0.1) is 24.0 Å². The average molecular weight is 497 g/mol. The summed E-state index contributed by atoms with van der Waals surface area (Å²) in [5.74, 6) is 0.795. The van der Waals surface area contributed by atoms with E-state index in [9.17, 15) is 28.1 Å². The zero-order chi connectivity index (χ0) is 26.4. The van der Waals surface area contributed by atoms with Crippen molar-refractivity contribution in [2.75, 3.05) is 5.32 Å². The molecule has 0 unspecified atom stereocenters. The first-order valence-electron chi connectivity index (χ1n) is 10.9. The predicted molar refractivity (Wildman–Crippen MR) is 130 cm³/mol. The molecule has 4 aromatic rings. The van der Waals surface area contributed by atoms with Crippen molar-refractivity contribution in [3.63, 3.8) is 0 Å². The predicted octanol–water partition coefficient (Wildman–Crippen LogP) is 5.71. The van der Waals surface area contributed by atoms with Crippen LogP contribution in [0.1, 0.15) is 35.5 Å². The van der Waals surface area contributed by atoms with Gasteiger partial charge in [0, 0.05) is 36.8 Å². The van der Waals surface area contributed by atoms with E-state index in [1.54, 1.807) is 27.1 Å². The van der Waals surface area contributed by atoms with Crippen molar-refractivity contribution in [1.82, 2.24) is 14.5 Å². The molecule has 0 saturated carbocycles. The molecule has 0 amide bonds. The van der Waals surface area contributed by atoms with Crippen LogP contribution >= 0.6 is 0 Å². The van der Waals surface area contributed by atoms with Crippen LogP contribution in [0.3, 0.4) is 0 Å². The normalized spacial score (nSPS) is 12.5. The molecule has 36 heavy (non-hydrogen) atoms. The summed E-state index contributed by atoms with van der Waals surface area (Å²) in [7, 11) is 1.65. The number of anilines is 1. The van der Waals surface area contributed by atoms with Crippen LogP contribution in [0.5, 0.6) is 0 Å². The van der Waals surface area contributed by atoms with Gasteiger partial charge in [0.2, 0.25) is 0 Å². The molecule has 4 rings (SSSR count). The molecule has 0 aliphatic heterocycles. The molecule has 8 nitrogen and oxygen atoms in total. The van der Waals surface area contributed by atoms with Gasteiger partial charge in [-0.3, -0.25) is 14.9 Å². The molecule has 0 fully saturated rings. The third-order valence-electron chi connectivity index (χ3n) is 5.90. The number of aromatic nitrogens is 3. The second kappa shape index (κ2) is 9.06. The van der Waals surface area contributed by atoms with Gasteiger partial charge in [0.1, 0.15) is 11.6 Å². The molecule has 0 radical (unpaired) electrons. The summed E-state index contributed by atoms with van der Waals surface area (Å²) < 4.78 is 41.6. The average Bonchev–Trinajstić information content (AvgIpc) is 2.79. The van der Waals surface area contributed by atoms with Crippen LogP contribution < -0.4 is 10.9 Å². The summed E-state index contributed by atoms with van der Waals surface area (Å²) in [6, 6.07) is 8.75. The highest BCUT2D eigenvalue weighted by atomic mass is 19.4. The zero-order valence-corrected chi connectivity index (χ0v) is 19.8. The van der Waals surface area contributed by atoms with Gasteiger partial charge >= 0.3 is 6.18 Å². The number of aryl methyl sites for hydroxylation is 3. The van der Waals surface area contributed by atoms with Crippen LogP contribution in [-0.2, 0) is 13.2 Å². The van der Waals surface area contributed by atoms with Gasteiger partial charge in [0.05, 0.1) is 22.0 Å². The molecule has 0 saturated heterocycles. The second-order valence-electron chi connectivity index (χ2n) is 8.60. The maximum Gasteiger partial charge on any atom is 0.416 e. The third-order valence-corrected chi connectivity index (χ3v) is 5.90. The molecule has 1 N–H and O–H groups in total. The lowest BCUT2D eigenvalue weighted by molar-refractivity contribution is -0.385. The van der Waals surface area contributed by atoms with Gasteiger partial charge in [-0.15, -0.1) is 0 Å². The van der Waals surface area contributed by atoms with Crippen molar-refractivity contribution >= 4 is 22.4 Å². The maximum absolute atomic E-state index is 13.4. The van der Waals surface area contributed by atoms with Gasteiger partial charge in [-0.2, -0.15) is 13.2 Å². The number of halogens is 3. The standard InChI is InChI=1S/C25H22F3N5O3/c1-13-7-22-21(12-20(13)16-5-6-32(4)23(34)10-16)24(31-15(3)30-22)29-14(2)17-8-18(25(26,27)28)11-19(9-17)33(35)36/h5-12,14H,1-4H3,(H,29,30,31)/t14-/m1/s1. The SMILES string of the molecule is Cc1nc(N[C@H](C)c2cc([N+](=O)[O-])cc(C(F)(F)F)c2)c2cc(-c3ccn(C)c(=O)c3)c(C)cc2n1. The molecular formula is C25H22F3N5O3. The van der Waals surface area contributed by atoms with E-state index >= 15 is 0 Å². The minimum Gasteiger partial charge on any atom is -0.363 e. The third kappa shape index (κ3) is 4.90. The molecule has 11 heteroatoms. The summed E-state index contributed by atoms with van der Waals surface area (Å²) in [4.78, 5) is 31.5. The molecule has 0 aliphatic carbocycles. The van der Waals surface area contributed by atoms with E-state index in [1.165, 1.54) is 10.6 Å². The Bertz CT molecular complexity index is 1560. The smallest absolute Gasteiger partial charge is 0.363 e. The monoisotopic (exact) mass is 497 g/mol. The van der Waals surface area contributed by atoms with Gasteiger partial charge in [-0.25, -0.2) is 9.97 Å². The van der Waals surface area contributed by atoms with Crippen molar-refractivity contribution in [2.45, 2.75) is 33.0 Å². The molecule has 2 heterocycles. The summed E-state index contributed by atoms with van der Waals surface area (Å²) >= 11 is 0. The minimum atomic E-state index is -4.74. The zero-order valence-electron chi connectivity index (χ0n) is 19.8. The Morgan fingerprint density at radius 3 is 2.44 bits per heavy atom. The van der Waals surface area contributed by atoms with E-state index in [0.29, 0.717) is 34.2 Å². The first-order valence-corrected chi connectivity index (χ1v) is 10.9. The number of nitrogens with one attached hydrogen (secondary N) is 1. The van der Waals surface area contributed by atoms with Crippen LogP contribution in [-0.4, -0.2) is 19.5 Å². The van der Waals surface area contributed by atoms with Crippen molar-refractivity contribution in [2.24, 2.45) is 7.05 Å². The number of rotatable bonds is 5. The van der Waals surface area contributed by atoms with Crippen LogP contribution in [0.25, 0.3) is 22.0 Å². The lowest BCUT2D eigenvalue weighted by Gasteiger charge is -2.19. The minimum absolute atomic E-state index is 0.0832. The highest BCUT2D eigenvalue weighted by molar-refractivity contribution is 5.94. The topological polar surface area (TPSA) is 103 Å². The van der Waals surface area contributed by atoms with Gasteiger partial charge in [0.15, 0.2) is 0 Å². The Hall–Kier alpha value is -4.28. The van der Waals surface area contributed by atoms with E-state index in [2.05, 4.69) is 15.3 Å². The fourth-order valence-electron chi connectivity index (χ4n) is 3.98. The fraction of sp³-hybridized carbons (Fsp3) is 0.240. The molecule has 0 bridgehead atoms. The Morgan fingerprint density at radius 1 is 1.08 bits per heavy atom. The summed E-state index contributed by atoms with van der Waals surface area (Å²) in [5.41, 5.74) is 1.11. The molecule has 0 aliphatic rings. The molecule has 1 atom stereocenters. The number of hydrogen-bond acceptors (Lipinski definition) is 6. The van der Waals surface area contributed by atoms with Gasteiger partial charge in [0.25, 0.3) is 11.2 Å². The maximum atomic E-state index is 13.4. The molecular weight excluding hydrogens is 475 g/mol. The fourth-order valence-corrected chi connectivity index (χ4v) is 3.98. The number of non-ortho nitro benzene ring substituents is 1. The number of pyridine rings is 1. The van der Waals surface area contributed by atoms with Gasteiger partial charge < -0.3 is 9.88 Å². The van der Waals surface area contributed by atoms with Crippen LogP contribution in [0.15, 0.2) is 53.5 Å². The summed E-state index contributed by atoms with van der Waals surface area (Å²) in [6.45, 7) is 5.17. The summed E-state index contributed by atoms with van der Waals surface area (Å²) in [6.07, 6.45) is -3.08. The van der Waals surface area contributed by atoms with Crippen LogP contribution in [0.4, 0.5) is 24.7 Å². The van der Waals surface area contributed by atoms with E-state index in [1.807, 2.05) is 25.1 Å². The first kappa shape index (κ1) is 24.8. The summed E-state index contributed by atoms with van der Waals surface area (Å²) in [5, 5.41) is 14.9. The second-order valence-corrected chi connectivity index (χ2v) is 8.60. The van der Waals surface area contributed by atoms with E-state index in [-0.39, 0.29) is 11.1 Å². The number of nitro groups is 1. The van der Waals surface area contributed by atoms with Crippen molar-refractivity contribution in [1.29, 1.82) is 0 Å². The Morgan fingerprint density at radius 2 is 1.81 bits per heavy atom. The largest absolute Gasteiger partial charge is 0.416 e. The molecule has 0 spiro atoms. The number of fused-ring (bicyclic) bond motifs is 1.